The van der Waals surface area contributed by atoms with Gasteiger partial charge in [0.25, 0.3) is 0 Å². The molecule has 9 heteroatoms. The van der Waals surface area contributed by atoms with E-state index in [1.165, 1.54) is 28.4 Å². The molecule has 0 aliphatic heterocycles. The van der Waals surface area contributed by atoms with E-state index in [9.17, 15) is 0 Å². The lowest BCUT2D eigenvalue weighted by Gasteiger charge is -2.25. The van der Waals surface area contributed by atoms with Gasteiger partial charge in [0, 0.05) is 41.7 Å². The van der Waals surface area contributed by atoms with Crippen molar-refractivity contribution >= 4 is 17.6 Å². The molecule has 21 heavy (non-hydrogen) atoms. The maximum absolute atomic E-state index is 5.63. The maximum Gasteiger partial charge on any atom is 0.678 e. The summed E-state index contributed by atoms with van der Waals surface area (Å²) >= 11 is 0. The van der Waals surface area contributed by atoms with Crippen LogP contribution < -0.4 is 5.73 Å². The highest BCUT2D eigenvalue weighted by Gasteiger charge is 2.40. The molecule has 0 aromatic heterocycles. The molecular formula is C12H33NO6Si2. The number of hydrogen-bond donors (Lipinski definition) is 1. The van der Waals surface area contributed by atoms with E-state index in [0.29, 0.717) is 0 Å². The molecule has 0 aliphatic rings. The lowest BCUT2D eigenvalue weighted by Crippen LogP contribution is -2.45. The lowest BCUT2D eigenvalue weighted by atomic mass is 10.5. The minimum Gasteiger partial charge on any atom is -0.395 e. The predicted molar refractivity (Wildman–Crippen MR) is 87.1 cm³/mol. The Morgan fingerprint density at radius 2 is 1.19 bits per heavy atom. The topological polar surface area (TPSA) is 81.4 Å². The normalized spacial score (nSPS) is 12.0. The average molecular weight is 344 g/mol. The van der Waals surface area contributed by atoms with Crippen LogP contribution in [0.1, 0.15) is 20.3 Å². The molecule has 0 heterocycles. The van der Waals surface area contributed by atoms with Crippen molar-refractivity contribution in [1.82, 2.24) is 0 Å². The quantitative estimate of drug-likeness (QED) is 0.569. The maximum atomic E-state index is 5.63. The predicted octanol–water partition coefficient (Wildman–Crippen LogP) is 1.49. The molecule has 0 aliphatic carbocycles. The molecule has 0 rings (SSSR count). The van der Waals surface area contributed by atoms with Crippen LogP contribution in [-0.4, -0.2) is 65.8 Å². The van der Waals surface area contributed by atoms with Crippen LogP contribution in [0, 0.1) is 0 Å². The summed E-state index contributed by atoms with van der Waals surface area (Å²) in [6.07, 6.45) is 1.00. The molecule has 0 fully saturated rings. The van der Waals surface area contributed by atoms with Gasteiger partial charge in [0.2, 0.25) is 0 Å². The number of nitrogens with two attached hydrogens (primary N) is 1. The first-order valence-corrected chi connectivity index (χ1v) is 11.3. The second kappa shape index (κ2) is 13.8. The summed E-state index contributed by atoms with van der Waals surface area (Å²) in [5.41, 5.74) is 5.44. The van der Waals surface area contributed by atoms with Gasteiger partial charge in [-0.1, -0.05) is 0 Å². The Bertz CT molecular complexity index is 208. The van der Waals surface area contributed by atoms with Crippen LogP contribution in [0.4, 0.5) is 0 Å². The van der Waals surface area contributed by atoms with E-state index < -0.39 is 17.6 Å². The van der Waals surface area contributed by atoms with Crippen molar-refractivity contribution in [2.24, 2.45) is 5.73 Å². The minimum absolute atomic E-state index is 0.725. The van der Waals surface area contributed by atoms with Gasteiger partial charge in [-0.15, -0.1) is 0 Å². The molecule has 7 nitrogen and oxygen atoms in total. The third kappa shape index (κ3) is 10.5. The Kier molecular flexibility index (Phi) is 15.4. The lowest BCUT2D eigenvalue weighted by molar-refractivity contribution is 0.0226. The minimum atomic E-state index is -2.69. The van der Waals surface area contributed by atoms with Crippen LogP contribution in [0.5, 0.6) is 0 Å². The largest absolute Gasteiger partial charge is 0.678 e. The Balaban J connectivity index is 0. The Morgan fingerprint density at radius 1 is 0.810 bits per heavy atom. The SMILES string of the molecule is CCO[Si](C)(CCCN)OCC.CO[Si](OC)(OC)OC. The van der Waals surface area contributed by atoms with Gasteiger partial charge in [-0.05, 0) is 39.4 Å². The summed E-state index contributed by atoms with van der Waals surface area (Å²) in [6.45, 7) is 8.33. The van der Waals surface area contributed by atoms with Crippen molar-refractivity contribution in [2.75, 3.05) is 48.2 Å². The first kappa shape index (κ1) is 23.4. The van der Waals surface area contributed by atoms with Crippen molar-refractivity contribution in [3.8, 4) is 0 Å². The summed E-state index contributed by atoms with van der Waals surface area (Å²) in [5.74, 6) is 0. The van der Waals surface area contributed by atoms with Crippen LogP contribution in [0.2, 0.25) is 12.6 Å². The van der Waals surface area contributed by atoms with Crippen LogP contribution in [0.3, 0.4) is 0 Å². The van der Waals surface area contributed by atoms with E-state index in [4.69, 9.17) is 32.3 Å². The van der Waals surface area contributed by atoms with Crippen molar-refractivity contribution in [2.45, 2.75) is 32.9 Å². The summed E-state index contributed by atoms with van der Waals surface area (Å²) in [7, 11) is 1.41. The summed E-state index contributed by atoms with van der Waals surface area (Å²) in [5, 5.41) is 0. The van der Waals surface area contributed by atoms with Crippen molar-refractivity contribution in [3.63, 3.8) is 0 Å². The van der Waals surface area contributed by atoms with E-state index >= 15 is 0 Å². The van der Waals surface area contributed by atoms with E-state index in [0.717, 1.165) is 32.2 Å². The fourth-order valence-electron chi connectivity index (χ4n) is 1.72. The molecule has 0 radical (unpaired) electrons. The van der Waals surface area contributed by atoms with E-state index in [-0.39, 0.29) is 0 Å². The van der Waals surface area contributed by atoms with Crippen molar-refractivity contribution < 1.29 is 26.6 Å². The second-order valence-electron chi connectivity index (χ2n) is 4.21. The highest BCUT2D eigenvalue weighted by molar-refractivity contribution is 6.66. The average Bonchev–Trinajstić information content (AvgIpc) is 2.49. The fourth-order valence-corrected chi connectivity index (χ4v) is 5.16. The van der Waals surface area contributed by atoms with E-state index in [1.807, 2.05) is 13.8 Å². The zero-order valence-electron chi connectivity index (χ0n) is 14.6. The van der Waals surface area contributed by atoms with Gasteiger partial charge in [-0.2, -0.15) is 0 Å². The van der Waals surface area contributed by atoms with Gasteiger partial charge in [0.05, 0.1) is 0 Å². The third-order valence-electron chi connectivity index (χ3n) is 2.73. The molecule has 0 amide bonds. The summed E-state index contributed by atoms with van der Waals surface area (Å²) in [6, 6.07) is 1.01. The zero-order chi connectivity index (χ0) is 16.8. The molecule has 0 bridgehead atoms. The zero-order valence-corrected chi connectivity index (χ0v) is 16.6. The molecule has 0 spiro atoms. The van der Waals surface area contributed by atoms with Gasteiger partial charge in [0.1, 0.15) is 0 Å². The molecule has 0 aromatic carbocycles. The Labute approximate surface area is 131 Å². The Hall–Kier alpha value is 0.154. The molecule has 130 valence electrons. The molecule has 0 aromatic rings. The smallest absolute Gasteiger partial charge is 0.395 e. The van der Waals surface area contributed by atoms with Gasteiger partial charge in [0.15, 0.2) is 0 Å². The number of hydrogen-bond acceptors (Lipinski definition) is 7. The van der Waals surface area contributed by atoms with Crippen LogP contribution in [0.15, 0.2) is 0 Å². The first-order valence-electron chi connectivity index (χ1n) is 7.11. The molecule has 0 saturated heterocycles. The van der Waals surface area contributed by atoms with Crippen LogP contribution in [0.25, 0.3) is 0 Å². The van der Waals surface area contributed by atoms with E-state index in [2.05, 4.69) is 6.55 Å². The van der Waals surface area contributed by atoms with Gasteiger partial charge >= 0.3 is 17.6 Å². The fraction of sp³-hybridized carbons (Fsp3) is 1.00. The molecule has 0 atom stereocenters. The number of rotatable bonds is 11. The van der Waals surface area contributed by atoms with Gasteiger partial charge in [-0.3, -0.25) is 0 Å². The Morgan fingerprint density at radius 3 is 1.38 bits per heavy atom. The molecule has 0 unspecified atom stereocenters. The highest BCUT2D eigenvalue weighted by atomic mass is 28.4. The summed E-state index contributed by atoms with van der Waals surface area (Å²) in [4.78, 5) is 0. The van der Waals surface area contributed by atoms with Gasteiger partial charge in [-0.25, -0.2) is 0 Å². The molecule has 0 saturated carbocycles. The van der Waals surface area contributed by atoms with E-state index in [1.54, 1.807) is 0 Å². The third-order valence-corrected chi connectivity index (χ3v) is 7.79. The van der Waals surface area contributed by atoms with Crippen molar-refractivity contribution in [1.29, 1.82) is 0 Å². The van der Waals surface area contributed by atoms with Crippen molar-refractivity contribution in [3.05, 3.63) is 0 Å². The monoisotopic (exact) mass is 343 g/mol. The standard InChI is InChI=1S/C8H21NO2Si.C4H12O4Si/c1-4-10-12(3,11-5-2)8-6-7-9;1-5-9(6-2,7-3)8-4/h4-9H2,1-3H3;1-4H3. The first-order chi connectivity index (χ1) is 9.92. The highest BCUT2D eigenvalue weighted by Crippen LogP contribution is 2.14. The second-order valence-corrected chi connectivity index (χ2v) is 10.2. The molecular weight excluding hydrogens is 310 g/mol. The van der Waals surface area contributed by atoms with Crippen LogP contribution in [-0.2, 0) is 26.6 Å². The van der Waals surface area contributed by atoms with Gasteiger partial charge < -0.3 is 32.3 Å². The molecule has 2 N–H and O–H groups in total. The summed E-state index contributed by atoms with van der Waals surface area (Å²) < 4.78 is 30.7. The van der Waals surface area contributed by atoms with Crippen LogP contribution >= 0.6 is 0 Å².